The first-order valence-corrected chi connectivity index (χ1v) is 7.84. The zero-order chi connectivity index (χ0) is 17.7. The van der Waals surface area contributed by atoms with Crippen molar-refractivity contribution in [1.29, 1.82) is 0 Å². The summed E-state index contributed by atoms with van der Waals surface area (Å²) in [6, 6.07) is 5.72. The average molecular weight is 330 g/mol. The molecule has 0 fully saturated rings. The molecule has 24 heavy (non-hydrogen) atoms. The third kappa shape index (κ3) is 4.02. The molecule has 0 saturated carbocycles. The van der Waals surface area contributed by atoms with E-state index in [2.05, 4.69) is 4.98 Å². The molecule has 0 spiro atoms. The molecule has 2 aromatic rings. The maximum atomic E-state index is 12.2. The van der Waals surface area contributed by atoms with Gasteiger partial charge in [0, 0.05) is 6.54 Å². The van der Waals surface area contributed by atoms with Gasteiger partial charge in [-0.25, -0.2) is 4.79 Å². The van der Waals surface area contributed by atoms with Crippen molar-refractivity contribution in [1.82, 2.24) is 9.55 Å². The second kappa shape index (κ2) is 7.79. The normalized spacial score (nSPS) is 11.2. The average Bonchev–Trinajstić information content (AvgIpc) is 2.49. The van der Waals surface area contributed by atoms with Crippen LogP contribution in [0.15, 0.2) is 39.9 Å². The van der Waals surface area contributed by atoms with Crippen molar-refractivity contribution in [3.05, 3.63) is 67.9 Å². The maximum absolute atomic E-state index is 12.2. The van der Waals surface area contributed by atoms with Crippen LogP contribution in [-0.4, -0.2) is 21.3 Å². The second-order valence-electron chi connectivity index (χ2n) is 5.59. The number of hydrogen-bond acceptors (Lipinski definition) is 4. The van der Waals surface area contributed by atoms with Crippen LogP contribution >= 0.6 is 0 Å². The van der Waals surface area contributed by atoms with E-state index in [0.29, 0.717) is 17.7 Å². The SMILES string of the molecule is CCc1c(Oc2cc(C)cc(C)c2)n(CC=CCO)c(=O)[nH]c1=O. The third-order valence-electron chi connectivity index (χ3n) is 3.57. The molecule has 0 saturated heterocycles. The molecule has 0 bridgehead atoms. The predicted octanol–water partition coefficient (Wildman–Crippen LogP) is 2.06. The Labute approximate surface area is 140 Å². The summed E-state index contributed by atoms with van der Waals surface area (Å²) in [5, 5.41) is 8.86. The van der Waals surface area contributed by atoms with Crippen molar-refractivity contribution in [3.8, 4) is 11.6 Å². The highest BCUT2D eigenvalue weighted by atomic mass is 16.5. The van der Waals surface area contributed by atoms with Gasteiger partial charge in [-0.15, -0.1) is 0 Å². The van der Waals surface area contributed by atoms with Crippen molar-refractivity contribution in [2.75, 3.05) is 6.61 Å². The highest BCUT2D eigenvalue weighted by Gasteiger charge is 2.15. The Morgan fingerprint density at radius 3 is 2.42 bits per heavy atom. The summed E-state index contributed by atoms with van der Waals surface area (Å²) in [4.78, 5) is 26.6. The van der Waals surface area contributed by atoms with Crippen LogP contribution < -0.4 is 16.0 Å². The number of allylic oxidation sites excluding steroid dienone is 1. The van der Waals surface area contributed by atoms with Crippen molar-refractivity contribution in [2.45, 2.75) is 33.7 Å². The highest BCUT2D eigenvalue weighted by Crippen LogP contribution is 2.25. The van der Waals surface area contributed by atoms with Gasteiger partial charge in [0.1, 0.15) is 5.75 Å². The van der Waals surface area contributed by atoms with Gasteiger partial charge in [0.25, 0.3) is 5.56 Å². The third-order valence-corrected chi connectivity index (χ3v) is 3.57. The van der Waals surface area contributed by atoms with E-state index in [1.807, 2.05) is 39.0 Å². The maximum Gasteiger partial charge on any atom is 0.331 e. The van der Waals surface area contributed by atoms with E-state index in [1.165, 1.54) is 10.6 Å². The number of benzene rings is 1. The monoisotopic (exact) mass is 330 g/mol. The molecule has 1 heterocycles. The Bertz CT molecular complexity index is 842. The van der Waals surface area contributed by atoms with Crippen molar-refractivity contribution >= 4 is 0 Å². The minimum absolute atomic E-state index is 0.119. The van der Waals surface area contributed by atoms with E-state index in [4.69, 9.17) is 9.84 Å². The van der Waals surface area contributed by atoms with Gasteiger partial charge in [0.05, 0.1) is 12.2 Å². The largest absolute Gasteiger partial charge is 0.440 e. The van der Waals surface area contributed by atoms with Gasteiger partial charge in [0.15, 0.2) is 0 Å². The molecular formula is C18H22N2O4. The number of hydrogen-bond donors (Lipinski definition) is 2. The lowest BCUT2D eigenvalue weighted by atomic mass is 10.1. The van der Waals surface area contributed by atoms with Crippen molar-refractivity contribution < 1.29 is 9.84 Å². The number of H-pyrrole nitrogens is 1. The fraction of sp³-hybridized carbons (Fsp3) is 0.333. The number of nitrogens with one attached hydrogen (secondary N) is 1. The molecule has 0 amide bonds. The summed E-state index contributed by atoms with van der Waals surface area (Å²) < 4.78 is 7.28. The number of nitrogens with zero attached hydrogens (tertiary/aromatic N) is 1. The molecule has 0 aliphatic carbocycles. The summed E-state index contributed by atoms with van der Waals surface area (Å²) >= 11 is 0. The van der Waals surface area contributed by atoms with E-state index in [1.54, 1.807) is 6.08 Å². The first-order chi connectivity index (χ1) is 11.5. The highest BCUT2D eigenvalue weighted by molar-refractivity contribution is 5.37. The molecule has 0 atom stereocenters. The van der Waals surface area contributed by atoms with E-state index >= 15 is 0 Å². The number of ether oxygens (including phenoxy) is 1. The van der Waals surface area contributed by atoms with Gasteiger partial charge in [-0.1, -0.05) is 25.1 Å². The zero-order valence-corrected chi connectivity index (χ0v) is 14.1. The van der Waals surface area contributed by atoms with Gasteiger partial charge in [-0.05, 0) is 43.5 Å². The number of aromatic amines is 1. The molecule has 1 aromatic carbocycles. The lowest BCUT2D eigenvalue weighted by molar-refractivity contribution is 0.342. The Kier molecular flexibility index (Phi) is 5.76. The number of aromatic nitrogens is 2. The Morgan fingerprint density at radius 1 is 1.17 bits per heavy atom. The van der Waals surface area contributed by atoms with Gasteiger partial charge in [-0.3, -0.25) is 14.3 Å². The standard InChI is InChI=1S/C18H22N2O4/c1-4-15-16(22)19-18(23)20(7-5-6-8-21)17(15)24-14-10-12(2)9-13(3)11-14/h5-6,9-11,21H,4,7-8H2,1-3H3,(H,19,22,23). The summed E-state index contributed by atoms with van der Waals surface area (Å²) in [6.45, 7) is 5.82. The number of aliphatic hydroxyl groups excluding tert-OH is 1. The number of rotatable bonds is 6. The predicted molar refractivity (Wildman–Crippen MR) is 92.9 cm³/mol. The molecule has 1 aromatic heterocycles. The quantitative estimate of drug-likeness (QED) is 0.794. The molecule has 128 valence electrons. The van der Waals surface area contributed by atoms with Crippen LogP contribution in [0.5, 0.6) is 11.6 Å². The van der Waals surface area contributed by atoms with E-state index < -0.39 is 11.2 Å². The Hall–Kier alpha value is -2.60. The molecule has 2 N–H and O–H groups in total. The van der Waals surface area contributed by atoms with E-state index in [-0.39, 0.29) is 19.0 Å². The first kappa shape index (κ1) is 17.7. The second-order valence-corrected chi connectivity index (χ2v) is 5.59. The lowest BCUT2D eigenvalue weighted by Crippen LogP contribution is -2.33. The van der Waals surface area contributed by atoms with Crippen molar-refractivity contribution in [3.63, 3.8) is 0 Å². The molecule has 0 aliphatic rings. The smallest absolute Gasteiger partial charge is 0.331 e. The zero-order valence-electron chi connectivity index (χ0n) is 14.1. The lowest BCUT2D eigenvalue weighted by Gasteiger charge is -2.15. The fourth-order valence-electron chi connectivity index (χ4n) is 2.54. The molecule has 2 rings (SSSR count). The fourth-order valence-corrected chi connectivity index (χ4v) is 2.54. The molecular weight excluding hydrogens is 308 g/mol. The molecule has 0 unspecified atom stereocenters. The van der Waals surface area contributed by atoms with Crippen LogP contribution in [0, 0.1) is 13.8 Å². The molecule has 0 radical (unpaired) electrons. The van der Waals surface area contributed by atoms with E-state index in [0.717, 1.165) is 11.1 Å². The van der Waals surface area contributed by atoms with Crippen LogP contribution in [0.2, 0.25) is 0 Å². The van der Waals surface area contributed by atoms with Crippen LogP contribution in [0.1, 0.15) is 23.6 Å². The summed E-state index contributed by atoms with van der Waals surface area (Å²) in [5.41, 5.74) is 1.48. The minimum atomic E-state index is -0.542. The van der Waals surface area contributed by atoms with Gasteiger partial charge in [-0.2, -0.15) is 0 Å². The van der Waals surface area contributed by atoms with Crippen LogP contribution in [0.3, 0.4) is 0 Å². The molecule has 0 aliphatic heterocycles. The van der Waals surface area contributed by atoms with Crippen LogP contribution in [0.4, 0.5) is 0 Å². The summed E-state index contributed by atoms with van der Waals surface area (Å²) in [5.74, 6) is 0.811. The van der Waals surface area contributed by atoms with Crippen LogP contribution in [-0.2, 0) is 13.0 Å². The first-order valence-electron chi connectivity index (χ1n) is 7.84. The summed E-state index contributed by atoms with van der Waals surface area (Å²) in [7, 11) is 0. The van der Waals surface area contributed by atoms with Crippen LogP contribution in [0.25, 0.3) is 0 Å². The Morgan fingerprint density at radius 2 is 1.83 bits per heavy atom. The summed E-state index contributed by atoms with van der Waals surface area (Å²) in [6.07, 6.45) is 3.61. The van der Waals surface area contributed by atoms with Gasteiger partial charge < -0.3 is 9.84 Å². The van der Waals surface area contributed by atoms with Gasteiger partial charge in [0.2, 0.25) is 5.88 Å². The number of aryl methyl sites for hydroxylation is 2. The van der Waals surface area contributed by atoms with Crippen molar-refractivity contribution in [2.24, 2.45) is 0 Å². The Balaban J connectivity index is 2.58. The topological polar surface area (TPSA) is 84.3 Å². The van der Waals surface area contributed by atoms with Gasteiger partial charge >= 0.3 is 5.69 Å². The molecule has 6 heteroatoms. The minimum Gasteiger partial charge on any atom is -0.440 e. The molecule has 6 nitrogen and oxygen atoms in total. The van der Waals surface area contributed by atoms with E-state index in [9.17, 15) is 9.59 Å². The number of aliphatic hydroxyl groups is 1.